The monoisotopic (exact) mass is 225 g/mol. The molecule has 0 aliphatic carbocycles. The van der Waals surface area contributed by atoms with Crippen LogP contribution in [-0.2, 0) is 0 Å². The second-order valence-electron chi connectivity index (χ2n) is 4.82. The average molecular weight is 225 g/mol. The number of hydrogen-bond acceptors (Lipinski definition) is 4. The van der Waals surface area contributed by atoms with Crippen LogP contribution >= 0.6 is 0 Å². The van der Waals surface area contributed by atoms with Gasteiger partial charge in [0.15, 0.2) is 0 Å². The van der Waals surface area contributed by atoms with E-state index >= 15 is 0 Å². The molecule has 0 bridgehead atoms. The molecule has 0 aliphatic rings. The number of nitrogens with zero attached hydrogens (tertiary/aromatic N) is 2. The predicted molar refractivity (Wildman–Crippen MR) is 62.6 cm³/mol. The van der Waals surface area contributed by atoms with Crippen molar-refractivity contribution in [1.82, 2.24) is 9.55 Å². The van der Waals surface area contributed by atoms with Gasteiger partial charge in [-0.3, -0.25) is 4.79 Å². The van der Waals surface area contributed by atoms with Crippen molar-refractivity contribution in [1.29, 1.82) is 0 Å². The number of rotatable bonds is 4. The summed E-state index contributed by atoms with van der Waals surface area (Å²) in [6.07, 6.45) is 3.20. The number of nitrogens with two attached hydrogens (primary N) is 1. The van der Waals surface area contributed by atoms with E-state index in [1.165, 1.54) is 0 Å². The summed E-state index contributed by atoms with van der Waals surface area (Å²) in [4.78, 5) is 15.8. The zero-order valence-corrected chi connectivity index (χ0v) is 10.2. The molecule has 0 aromatic carbocycles. The Morgan fingerprint density at radius 2 is 2.19 bits per heavy atom. The molecule has 1 aromatic heterocycles. The van der Waals surface area contributed by atoms with Gasteiger partial charge in [0.2, 0.25) is 0 Å². The van der Waals surface area contributed by atoms with E-state index in [4.69, 9.17) is 10.5 Å². The normalized spacial score (nSPS) is 11.9. The van der Waals surface area contributed by atoms with Gasteiger partial charge in [-0.15, -0.1) is 0 Å². The third-order valence-electron chi connectivity index (χ3n) is 1.97. The molecule has 0 saturated heterocycles. The second-order valence-corrected chi connectivity index (χ2v) is 4.82. The third kappa shape index (κ3) is 3.34. The second kappa shape index (κ2) is 4.65. The van der Waals surface area contributed by atoms with E-state index in [1.54, 1.807) is 17.0 Å². The first kappa shape index (κ1) is 12.7. The fourth-order valence-corrected chi connectivity index (χ4v) is 1.17. The molecule has 5 nitrogen and oxygen atoms in total. The lowest BCUT2D eigenvalue weighted by molar-refractivity contribution is 0.229. The number of ether oxygens (including phenoxy) is 1. The first-order valence-corrected chi connectivity index (χ1v) is 5.30. The minimum Gasteiger partial charge on any atom is -0.472 e. The highest BCUT2D eigenvalue weighted by molar-refractivity contribution is 5.05. The molecular formula is C11H19N3O2. The summed E-state index contributed by atoms with van der Waals surface area (Å²) in [5, 5.41) is 0. The molecule has 0 spiro atoms. The van der Waals surface area contributed by atoms with Crippen LogP contribution in [0, 0.1) is 0 Å². The minimum absolute atomic E-state index is 0.0868. The lowest BCUT2D eigenvalue weighted by atomic mass is 10.1. The Morgan fingerprint density at radius 1 is 1.56 bits per heavy atom. The van der Waals surface area contributed by atoms with Crippen LogP contribution in [0.2, 0.25) is 0 Å². The Balaban J connectivity index is 2.90. The molecule has 0 fully saturated rings. The molecule has 0 unspecified atom stereocenters. The molecule has 0 saturated carbocycles. The SMILES string of the molecule is CC(C)n1ccnc(OCC(C)(C)N)c1=O. The Morgan fingerprint density at radius 3 is 2.69 bits per heavy atom. The van der Waals surface area contributed by atoms with Crippen molar-refractivity contribution in [3.8, 4) is 5.88 Å². The maximum absolute atomic E-state index is 11.9. The summed E-state index contributed by atoms with van der Waals surface area (Å²) < 4.78 is 6.90. The molecule has 0 amide bonds. The summed E-state index contributed by atoms with van der Waals surface area (Å²) in [5.74, 6) is 0.106. The van der Waals surface area contributed by atoms with Crippen LogP contribution < -0.4 is 16.0 Å². The minimum atomic E-state index is -0.480. The van der Waals surface area contributed by atoms with E-state index in [2.05, 4.69) is 4.98 Å². The average Bonchev–Trinajstić information content (AvgIpc) is 2.14. The predicted octanol–water partition coefficient (Wildman–Crippen LogP) is 0.940. The lowest BCUT2D eigenvalue weighted by Gasteiger charge is -2.18. The Labute approximate surface area is 95.3 Å². The van der Waals surface area contributed by atoms with Gasteiger partial charge in [0, 0.05) is 24.0 Å². The van der Waals surface area contributed by atoms with Crippen molar-refractivity contribution in [3.05, 3.63) is 22.7 Å². The summed E-state index contributed by atoms with van der Waals surface area (Å²) in [6.45, 7) is 7.78. The quantitative estimate of drug-likeness (QED) is 0.828. The standard InChI is InChI=1S/C11H19N3O2/c1-8(2)14-6-5-13-9(10(14)15)16-7-11(3,4)12/h5-6,8H,7,12H2,1-4H3. The smallest absolute Gasteiger partial charge is 0.313 e. The van der Waals surface area contributed by atoms with E-state index in [0.717, 1.165) is 0 Å². The lowest BCUT2D eigenvalue weighted by Crippen LogP contribution is -2.40. The van der Waals surface area contributed by atoms with Crippen molar-refractivity contribution in [2.75, 3.05) is 6.61 Å². The summed E-state index contributed by atoms with van der Waals surface area (Å²) in [6, 6.07) is 0.0868. The molecule has 16 heavy (non-hydrogen) atoms. The van der Waals surface area contributed by atoms with E-state index < -0.39 is 5.54 Å². The first-order chi connectivity index (χ1) is 7.31. The van der Waals surface area contributed by atoms with Crippen molar-refractivity contribution in [3.63, 3.8) is 0 Å². The van der Waals surface area contributed by atoms with Gasteiger partial charge in [0.1, 0.15) is 6.61 Å². The van der Waals surface area contributed by atoms with Gasteiger partial charge in [0.05, 0.1) is 0 Å². The van der Waals surface area contributed by atoms with Gasteiger partial charge in [-0.05, 0) is 27.7 Å². The Kier molecular flexibility index (Phi) is 3.70. The fraction of sp³-hybridized carbons (Fsp3) is 0.636. The van der Waals surface area contributed by atoms with Crippen LogP contribution in [0.15, 0.2) is 17.2 Å². The van der Waals surface area contributed by atoms with Crippen molar-refractivity contribution >= 4 is 0 Å². The van der Waals surface area contributed by atoms with Crippen LogP contribution in [0.1, 0.15) is 33.7 Å². The van der Waals surface area contributed by atoms with E-state index in [9.17, 15) is 4.79 Å². The first-order valence-electron chi connectivity index (χ1n) is 5.30. The molecule has 0 radical (unpaired) electrons. The summed E-state index contributed by atoms with van der Waals surface area (Å²) >= 11 is 0. The van der Waals surface area contributed by atoms with Gasteiger partial charge in [0.25, 0.3) is 5.88 Å². The summed E-state index contributed by atoms with van der Waals surface area (Å²) in [5.41, 5.74) is 5.07. The van der Waals surface area contributed by atoms with E-state index in [0.29, 0.717) is 0 Å². The molecule has 1 rings (SSSR count). The highest BCUT2D eigenvalue weighted by atomic mass is 16.5. The van der Waals surface area contributed by atoms with Crippen molar-refractivity contribution in [2.45, 2.75) is 39.3 Å². The maximum Gasteiger partial charge on any atom is 0.313 e. The molecular weight excluding hydrogens is 206 g/mol. The number of aromatic nitrogens is 2. The molecule has 0 aliphatic heterocycles. The van der Waals surface area contributed by atoms with Gasteiger partial charge in [-0.25, -0.2) is 4.98 Å². The van der Waals surface area contributed by atoms with Gasteiger partial charge < -0.3 is 15.0 Å². The molecule has 90 valence electrons. The largest absolute Gasteiger partial charge is 0.472 e. The van der Waals surface area contributed by atoms with Crippen LogP contribution in [0.25, 0.3) is 0 Å². The van der Waals surface area contributed by atoms with E-state index in [1.807, 2.05) is 27.7 Å². The summed E-state index contributed by atoms with van der Waals surface area (Å²) in [7, 11) is 0. The van der Waals surface area contributed by atoms with E-state index in [-0.39, 0.29) is 24.1 Å². The molecule has 1 heterocycles. The topological polar surface area (TPSA) is 70.1 Å². The van der Waals surface area contributed by atoms with Gasteiger partial charge >= 0.3 is 5.56 Å². The zero-order valence-electron chi connectivity index (χ0n) is 10.2. The Bertz CT molecular complexity index is 404. The molecule has 1 aromatic rings. The van der Waals surface area contributed by atoms with Crippen LogP contribution in [0.4, 0.5) is 0 Å². The van der Waals surface area contributed by atoms with Crippen LogP contribution in [-0.4, -0.2) is 21.7 Å². The highest BCUT2D eigenvalue weighted by Gasteiger charge is 2.14. The third-order valence-corrected chi connectivity index (χ3v) is 1.97. The van der Waals surface area contributed by atoms with Crippen LogP contribution in [0.5, 0.6) is 5.88 Å². The highest BCUT2D eigenvalue weighted by Crippen LogP contribution is 2.05. The van der Waals surface area contributed by atoms with Crippen LogP contribution in [0.3, 0.4) is 0 Å². The van der Waals surface area contributed by atoms with Gasteiger partial charge in [-0.1, -0.05) is 0 Å². The maximum atomic E-state index is 11.9. The van der Waals surface area contributed by atoms with Gasteiger partial charge in [-0.2, -0.15) is 0 Å². The van der Waals surface area contributed by atoms with Crippen molar-refractivity contribution in [2.24, 2.45) is 5.73 Å². The molecule has 5 heteroatoms. The zero-order chi connectivity index (χ0) is 12.3. The molecule has 2 N–H and O–H groups in total. The fourth-order valence-electron chi connectivity index (χ4n) is 1.17. The number of hydrogen-bond donors (Lipinski definition) is 1. The molecule has 0 atom stereocenters. The Hall–Kier alpha value is -1.36. The van der Waals surface area contributed by atoms with Crippen molar-refractivity contribution < 1.29 is 4.74 Å².